The Balaban J connectivity index is 2.28. The van der Waals surface area contributed by atoms with Crippen LogP contribution in [-0.2, 0) is 6.42 Å². The molecule has 5 heteroatoms. The van der Waals surface area contributed by atoms with Crippen LogP contribution < -0.4 is 4.74 Å². The Labute approximate surface area is 102 Å². The SMILES string of the molecule is COc1cncc(Cc2[c]c(F)c(F)c(F)c2)c1. The van der Waals surface area contributed by atoms with Crippen LogP contribution in [0.1, 0.15) is 11.1 Å². The van der Waals surface area contributed by atoms with Crippen LogP contribution in [0.3, 0.4) is 0 Å². The van der Waals surface area contributed by atoms with Crippen LogP contribution in [-0.4, -0.2) is 12.1 Å². The molecule has 0 aliphatic rings. The van der Waals surface area contributed by atoms with Crippen LogP contribution in [0.15, 0.2) is 24.5 Å². The van der Waals surface area contributed by atoms with Crippen LogP contribution in [0.4, 0.5) is 13.2 Å². The van der Waals surface area contributed by atoms with Gasteiger partial charge in [-0.2, -0.15) is 0 Å². The van der Waals surface area contributed by atoms with Crippen LogP contribution in [0, 0.1) is 23.5 Å². The summed E-state index contributed by atoms with van der Waals surface area (Å²) in [5, 5.41) is 0. The fourth-order valence-electron chi connectivity index (χ4n) is 1.54. The second-order valence-corrected chi connectivity index (χ2v) is 3.68. The van der Waals surface area contributed by atoms with E-state index in [-0.39, 0.29) is 12.0 Å². The second kappa shape index (κ2) is 5.08. The van der Waals surface area contributed by atoms with Gasteiger partial charge in [-0.25, -0.2) is 13.2 Å². The molecule has 2 aromatic rings. The first-order valence-corrected chi connectivity index (χ1v) is 5.13. The number of benzene rings is 1. The molecule has 0 atom stereocenters. The summed E-state index contributed by atoms with van der Waals surface area (Å²) in [6.07, 6.45) is 3.24. The molecule has 0 N–H and O–H groups in total. The van der Waals surface area contributed by atoms with Crippen LogP contribution in [0.5, 0.6) is 5.75 Å². The number of methoxy groups -OCH3 is 1. The number of rotatable bonds is 3. The summed E-state index contributed by atoms with van der Waals surface area (Å²) in [6, 6.07) is 4.75. The molecule has 0 saturated carbocycles. The highest BCUT2D eigenvalue weighted by molar-refractivity contribution is 5.29. The van der Waals surface area contributed by atoms with Crippen LogP contribution in [0.25, 0.3) is 0 Å². The number of nitrogens with zero attached hydrogens (tertiary/aromatic N) is 1. The van der Waals surface area contributed by atoms with E-state index in [9.17, 15) is 13.2 Å². The summed E-state index contributed by atoms with van der Waals surface area (Å²) in [6.45, 7) is 0. The molecule has 0 aliphatic heterocycles. The average Bonchev–Trinajstić information content (AvgIpc) is 2.36. The van der Waals surface area contributed by atoms with Crippen molar-refractivity contribution >= 4 is 0 Å². The maximum absolute atomic E-state index is 13.0. The molecular weight excluding hydrogens is 243 g/mol. The van der Waals surface area contributed by atoms with Gasteiger partial charge in [0.05, 0.1) is 13.3 Å². The Hall–Kier alpha value is -2.04. The van der Waals surface area contributed by atoms with Crippen molar-refractivity contribution in [2.45, 2.75) is 6.42 Å². The van der Waals surface area contributed by atoms with E-state index in [0.29, 0.717) is 11.3 Å². The normalized spacial score (nSPS) is 10.4. The van der Waals surface area contributed by atoms with Crippen molar-refractivity contribution < 1.29 is 17.9 Å². The standard InChI is InChI=1S/C13H9F3NO/c1-18-10-3-9(6-17-7-10)2-8-4-11(14)13(16)12(15)5-8/h3-4,6-7H,2H2,1H3. The lowest BCUT2D eigenvalue weighted by molar-refractivity contribution is 0.412. The molecule has 18 heavy (non-hydrogen) atoms. The van der Waals surface area contributed by atoms with Crippen molar-refractivity contribution in [3.05, 3.63) is 59.2 Å². The fraction of sp³-hybridized carbons (Fsp3) is 0.154. The Morgan fingerprint density at radius 1 is 1.22 bits per heavy atom. The third-order valence-electron chi connectivity index (χ3n) is 2.37. The summed E-state index contributed by atoms with van der Waals surface area (Å²) in [7, 11) is 1.49. The molecule has 1 aromatic heterocycles. The first kappa shape index (κ1) is 12.4. The third-order valence-corrected chi connectivity index (χ3v) is 2.37. The van der Waals surface area contributed by atoms with Gasteiger partial charge in [-0.05, 0) is 29.7 Å². The maximum atomic E-state index is 13.0. The second-order valence-electron chi connectivity index (χ2n) is 3.68. The predicted molar refractivity (Wildman–Crippen MR) is 58.7 cm³/mol. The van der Waals surface area contributed by atoms with Gasteiger partial charge < -0.3 is 4.74 Å². The van der Waals surface area contributed by atoms with Crippen molar-refractivity contribution in [3.63, 3.8) is 0 Å². The van der Waals surface area contributed by atoms with E-state index in [1.807, 2.05) is 0 Å². The topological polar surface area (TPSA) is 22.1 Å². The van der Waals surface area contributed by atoms with E-state index < -0.39 is 17.5 Å². The Kier molecular flexibility index (Phi) is 3.50. The smallest absolute Gasteiger partial charge is 0.195 e. The van der Waals surface area contributed by atoms with Gasteiger partial charge in [0.2, 0.25) is 0 Å². The van der Waals surface area contributed by atoms with E-state index in [2.05, 4.69) is 11.1 Å². The van der Waals surface area contributed by atoms with Gasteiger partial charge in [-0.15, -0.1) is 0 Å². The van der Waals surface area contributed by atoms with E-state index in [0.717, 1.165) is 6.07 Å². The van der Waals surface area contributed by atoms with Crippen molar-refractivity contribution in [3.8, 4) is 5.75 Å². The van der Waals surface area contributed by atoms with Gasteiger partial charge in [0.1, 0.15) is 5.75 Å². The molecule has 0 unspecified atom stereocenters. The Morgan fingerprint density at radius 2 is 2.00 bits per heavy atom. The number of pyridine rings is 1. The zero-order valence-electron chi connectivity index (χ0n) is 9.51. The summed E-state index contributed by atoms with van der Waals surface area (Å²) in [5.74, 6) is -3.52. The number of ether oxygens (including phenoxy) is 1. The third kappa shape index (κ3) is 2.61. The summed E-state index contributed by atoms with van der Waals surface area (Å²) >= 11 is 0. The number of aromatic nitrogens is 1. The molecule has 1 heterocycles. The van der Waals surface area contributed by atoms with Crippen LogP contribution in [0.2, 0.25) is 0 Å². The van der Waals surface area contributed by atoms with E-state index >= 15 is 0 Å². The molecule has 0 fully saturated rings. The van der Waals surface area contributed by atoms with Gasteiger partial charge in [0.25, 0.3) is 0 Å². The highest BCUT2D eigenvalue weighted by Crippen LogP contribution is 2.18. The van der Waals surface area contributed by atoms with Gasteiger partial charge >= 0.3 is 0 Å². The molecule has 0 aliphatic carbocycles. The van der Waals surface area contributed by atoms with E-state index in [1.54, 1.807) is 6.07 Å². The zero-order valence-corrected chi connectivity index (χ0v) is 9.51. The molecule has 1 aromatic carbocycles. The van der Waals surface area contributed by atoms with Crippen molar-refractivity contribution in [1.82, 2.24) is 4.98 Å². The highest BCUT2D eigenvalue weighted by Gasteiger charge is 2.11. The molecule has 93 valence electrons. The van der Waals surface area contributed by atoms with Crippen molar-refractivity contribution in [2.24, 2.45) is 0 Å². The monoisotopic (exact) mass is 252 g/mol. The average molecular weight is 252 g/mol. The molecule has 0 amide bonds. The lowest BCUT2D eigenvalue weighted by Crippen LogP contribution is -1.97. The highest BCUT2D eigenvalue weighted by atomic mass is 19.2. The van der Waals surface area contributed by atoms with Crippen molar-refractivity contribution in [2.75, 3.05) is 7.11 Å². The fourth-order valence-corrected chi connectivity index (χ4v) is 1.54. The molecule has 0 bridgehead atoms. The summed E-state index contributed by atoms with van der Waals surface area (Å²) in [4.78, 5) is 3.91. The maximum Gasteiger partial charge on any atom is 0.195 e. The minimum absolute atomic E-state index is 0.193. The summed E-state index contributed by atoms with van der Waals surface area (Å²) in [5.41, 5.74) is 0.900. The summed E-state index contributed by atoms with van der Waals surface area (Å²) < 4.78 is 43.7. The first-order chi connectivity index (χ1) is 8.60. The quantitative estimate of drug-likeness (QED) is 0.783. The first-order valence-electron chi connectivity index (χ1n) is 5.13. The van der Waals surface area contributed by atoms with Gasteiger partial charge in [-0.1, -0.05) is 0 Å². The Bertz CT molecular complexity index is 549. The van der Waals surface area contributed by atoms with Crippen LogP contribution >= 0.6 is 0 Å². The van der Waals surface area contributed by atoms with Crippen molar-refractivity contribution in [1.29, 1.82) is 0 Å². The number of hydrogen-bond acceptors (Lipinski definition) is 2. The largest absolute Gasteiger partial charge is 0.495 e. The molecule has 0 saturated heterocycles. The predicted octanol–water partition coefficient (Wildman–Crippen LogP) is 2.90. The molecule has 1 radical (unpaired) electrons. The van der Waals surface area contributed by atoms with Gasteiger partial charge in [-0.3, -0.25) is 4.98 Å². The van der Waals surface area contributed by atoms with Gasteiger partial charge in [0.15, 0.2) is 17.5 Å². The van der Waals surface area contributed by atoms with E-state index in [4.69, 9.17) is 4.74 Å². The molecule has 2 rings (SSSR count). The zero-order chi connectivity index (χ0) is 13.1. The minimum atomic E-state index is -1.51. The molecular formula is C13H9F3NO. The lowest BCUT2D eigenvalue weighted by Gasteiger charge is -2.05. The molecule has 0 spiro atoms. The van der Waals surface area contributed by atoms with E-state index in [1.165, 1.54) is 19.5 Å². The lowest BCUT2D eigenvalue weighted by atomic mass is 10.1. The molecule has 2 nitrogen and oxygen atoms in total. The Morgan fingerprint density at radius 3 is 2.67 bits per heavy atom. The minimum Gasteiger partial charge on any atom is -0.495 e. The number of hydrogen-bond donors (Lipinski definition) is 0. The number of halogens is 3. The van der Waals surface area contributed by atoms with Gasteiger partial charge in [0, 0.05) is 12.3 Å².